The Morgan fingerprint density at radius 1 is 1.54 bits per heavy atom. The van der Waals surface area contributed by atoms with Gasteiger partial charge in [-0.1, -0.05) is 6.07 Å². The van der Waals surface area contributed by atoms with E-state index in [1.807, 2.05) is 0 Å². The van der Waals surface area contributed by atoms with Crippen molar-refractivity contribution in [2.45, 2.75) is 12.3 Å². The molecule has 0 saturated carbocycles. The van der Waals surface area contributed by atoms with E-state index in [1.54, 1.807) is 0 Å². The van der Waals surface area contributed by atoms with Crippen molar-refractivity contribution in [3.8, 4) is 0 Å². The number of carbonyl (C=O) groups excluding carboxylic acids is 1. The molecule has 0 aromatic carbocycles. The van der Waals surface area contributed by atoms with Crippen LogP contribution in [0.4, 0.5) is 8.78 Å². The molecule has 0 fully saturated rings. The molecule has 1 aromatic rings. The number of nitrogens with zero attached hydrogens (tertiary/aromatic N) is 1. The highest BCUT2D eigenvalue weighted by atomic mass is 35.5. The van der Waals surface area contributed by atoms with Gasteiger partial charge in [-0.05, 0) is 11.6 Å². The fraction of sp³-hybridized carbons (Fsp3) is 0.250. The summed E-state index contributed by atoms with van der Waals surface area (Å²) >= 11 is 5.46. The van der Waals surface area contributed by atoms with Gasteiger partial charge in [0.25, 0.3) is 6.43 Å². The number of pyridine rings is 1. The smallest absolute Gasteiger partial charge is 0.280 e. The van der Waals surface area contributed by atoms with Crippen LogP contribution in [0, 0.1) is 0 Å². The van der Waals surface area contributed by atoms with Gasteiger partial charge >= 0.3 is 0 Å². The number of carbonyl (C=O) groups is 1. The number of halogens is 3. The molecular formula is C8H6ClF2NO. The first-order valence-electron chi connectivity index (χ1n) is 3.48. The minimum Gasteiger partial charge on any atom is -0.296 e. The SMILES string of the molecule is O=Cc1nc(C(F)F)ccc1CCl. The fourth-order valence-electron chi connectivity index (χ4n) is 0.856. The second-order valence-electron chi connectivity index (χ2n) is 2.33. The number of hydrogen-bond acceptors (Lipinski definition) is 2. The van der Waals surface area contributed by atoms with E-state index in [2.05, 4.69) is 4.98 Å². The summed E-state index contributed by atoms with van der Waals surface area (Å²) in [5.74, 6) is 0.0879. The lowest BCUT2D eigenvalue weighted by Crippen LogP contribution is -1.99. The summed E-state index contributed by atoms with van der Waals surface area (Å²) in [4.78, 5) is 13.9. The van der Waals surface area contributed by atoms with E-state index in [1.165, 1.54) is 6.07 Å². The summed E-state index contributed by atoms with van der Waals surface area (Å²) in [7, 11) is 0. The zero-order valence-corrected chi connectivity index (χ0v) is 7.26. The van der Waals surface area contributed by atoms with Crippen molar-refractivity contribution in [1.82, 2.24) is 4.98 Å². The topological polar surface area (TPSA) is 30.0 Å². The molecule has 0 radical (unpaired) electrons. The first-order chi connectivity index (χ1) is 6.19. The lowest BCUT2D eigenvalue weighted by molar-refractivity contribution is 0.111. The predicted octanol–water partition coefficient (Wildman–Crippen LogP) is 2.57. The Morgan fingerprint density at radius 2 is 2.23 bits per heavy atom. The Bertz CT molecular complexity index is 317. The van der Waals surface area contributed by atoms with Gasteiger partial charge in [0.1, 0.15) is 11.4 Å². The highest BCUT2D eigenvalue weighted by Gasteiger charge is 2.11. The lowest BCUT2D eigenvalue weighted by Gasteiger charge is -2.02. The summed E-state index contributed by atoms with van der Waals surface area (Å²) in [6.07, 6.45) is -2.24. The number of rotatable bonds is 3. The Kier molecular flexibility index (Phi) is 3.31. The van der Waals surface area contributed by atoms with Crippen LogP contribution in [-0.2, 0) is 5.88 Å². The molecule has 0 amide bonds. The second kappa shape index (κ2) is 4.28. The van der Waals surface area contributed by atoms with E-state index in [0.717, 1.165) is 6.07 Å². The van der Waals surface area contributed by atoms with Gasteiger partial charge in [0.15, 0.2) is 6.29 Å². The van der Waals surface area contributed by atoms with Crippen molar-refractivity contribution < 1.29 is 13.6 Å². The van der Waals surface area contributed by atoms with E-state index in [4.69, 9.17) is 11.6 Å². The fourth-order valence-corrected chi connectivity index (χ4v) is 1.08. The van der Waals surface area contributed by atoms with Gasteiger partial charge in [-0.3, -0.25) is 4.79 Å². The minimum atomic E-state index is -2.66. The van der Waals surface area contributed by atoms with E-state index < -0.39 is 12.1 Å². The Morgan fingerprint density at radius 3 is 2.69 bits per heavy atom. The molecule has 0 N–H and O–H groups in total. The molecule has 13 heavy (non-hydrogen) atoms. The molecule has 0 bridgehead atoms. The third-order valence-corrected chi connectivity index (χ3v) is 1.80. The summed E-state index contributed by atoms with van der Waals surface area (Å²) in [6.45, 7) is 0. The van der Waals surface area contributed by atoms with Crippen molar-refractivity contribution in [3.63, 3.8) is 0 Å². The van der Waals surface area contributed by atoms with Crippen LogP contribution >= 0.6 is 11.6 Å². The summed E-state index contributed by atoms with van der Waals surface area (Å²) in [6, 6.07) is 2.54. The number of hydrogen-bond donors (Lipinski definition) is 0. The van der Waals surface area contributed by atoms with Crippen molar-refractivity contribution >= 4 is 17.9 Å². The van der Waals surface area contributed by atoms with Crippen LogP contribution in [-0.4, -0.2) is 11.3 Å². The zero-order chi connectivity index (χ0) is 9.84. The van der Waals surface area contributed by atoms with Crippen molar-refractivity contribution in [3.05, 3.63) is 29.1 Å². The average molecular weight is 206 g/mol. The van der Waals surface area contributed by atoms with Gasteiger partial charge in [0.2, 0.25) is 0 Å². The Hall–Kier alpha value is -1.03. The van der Waals surface area contributed by atoms with Gasteiger partial charge in [0.05, 0.1) is 0 Å². The average Bonchev–Trinajstić information content (AvgIpc) is 2.16. The molecule has 0 aliphatic rings. The number of aromatic nitrogens is 1. The Balaban J connectivity index is 3.13. The van der Waals surface area contributed by atoms with Crippen molar-refractivity contribution in [2.75, 3.05) is 0 Å². The molecule has 1 rings (SSSR count). The van der Waals surface area contributed by atoms with Crippen molar-refractivity contribution in [1.29, 1.82) is 0 Å². The highest BCUT2D eigenvalue weighted by molar-refractivity contribution is 6.17. The molecule has 1 heterocycles. The molecule has 0 spiro atoms. The molecule has 1 aromatic heterocycles. The molecule has 0 saturated heterocycles. The number of alkyl halides is 3. The maximum Gasteiger partial charge on any atom is 0.280 e. The van der Waals surface area contributed by atoms with Crippen LogP contribution in [0.1, 0.15) is 28.2 Å². The van der Waals surface area contributed by atoms with Crippen LogP contribution in [0.3, 0.4) is 0 Å². The van der Waals surface area contributed by atoms with E-state index in [0.29, 0.717) is 11.8 Å². The maximum atomic E-state index is 12.1. The molecule has 0 aliphatic carbocycles. The molecular weight excluding hydrogens is 200 g/mol. The first kappa shape index (κ1) is 10.1. The van der Waals surface area contributed by atoms with Gasteiger partial charge in [-0.25, -0.2) is 13.8 Å². The largest absolute Gasteiger partial charge is 0.296 e. The normalized spacial score (nSPS) is 10.5. The highest BCUT2D eigenvalue weighted by Crippen LogP contribution is 2.18. The van der Waals surface area contributed by atoms with E-state index >= 15 is 0 Å². The quantitative estimate of drug-likeness (QED) is 0.561. The van der Waals surface area contributed by atoms with E-state index in [9.17, 15) is 13.6 Å². The molecule has 70 valence electrons. The summed E-state index contributed by atoms with van der Waals surface area (Å²) in [5, 5.41) is 0. The van der Waals surface area contributed by atoms with Crippen LogP contribution in [0.5, 0.6) is 0 Å². The first-order valence-corrected chi connectivity index (χ1v) is 4.01. The van der Waals surface area contributed by atoms with Crippen molar-refractivity contribution in [2.24, 2.45) is 0 Å². The third-order valence-electron chi connectivity index (χ3n) is 1.51. The third kappa shape index (κ3) is 2.21. The minimum absolute atomic E-state index is 0.0206. The lowest BCUT2D eigenvalue weighted by atomic mass is 10.2. The van der Waals surface area contributed by atoms with Gasteiger partial charge in [0, 0.05) is 5.88 Å². The predicted molar refractivity (Wildman–Crippen MR) is 44.1 cm³/mol. The molecule has 2 nitrogen and oxygen atoms in total. The second-order valence-corrected chi connectivity index (χ2v) is 2.60. The monoisotopic (exact) mass is 205 g/mol. The molecule has 5 heteroatoms. The summed E-state index contributed by atoms with van der Waals surface area (Å²) in [5.41, 5.74) is 0.0323. The number of aldehydes is 1. The van der Waals surface area contributed by atoms with Crippen LogP contribution in [0.15, 0.2) is 12.1 Å². The summed E-state index contributed by atoms with van der Waals surface area (Å²) < 4.78 is 24.2. The van der Waals surface area contributed by atoms with E-state index in [-0.39, 0.29) is 11.6 Å². The van der Waals surface area contributed by atoms with Gasteiger partial charge < -0.3 is 0 Å². The van der Waals surface area contributed by atoms with Gasteiger partial charge in [-0.2, -0.15) is 0 Å². The zero-order valence-electron chi connectivity index (χ0n) is 6.51. The molecule has 0 aliphatic heterocycles. The molecule has 0 atom stereocenters. The molecule has 0 unspecified atom stereocenters. The van der Waals surface area contributed by atoms with Crippen LogP contribution in [0.25, 0.3) is 0 Å². The van der Waals surface area contributed by atoms with Crippen LogP contribution in [0.2, 0.25) is 0 Å². The van der Waals surface area contributed by atoms with Gasteiger partial charge in [-0.15, -0.1) is 11.6 Å². The van der Waals surface area contributed by atoms with Crippen LogP contribution < -0.4 is 0 Å². The maximum absolute atomic E-state index is 12.1. The Labute approximate surface area is 78.5 Å². The standard InChI is InChI=1S/C8H6ClF2NO/c9-3-5-1-2-6(8(10)11)12-7(5)4-13/h1-2,4,8H,3H2.